The van der Waals surface area contributed by atoms with Crippen molar-refractivity contribution >= 4 is 26.9 Å². The van der Waals surface area contributed by atoms with Gasteiger partial charge >= 0.3 is 35.8 Å². The van der Waals surface area contributed by atoms with Crippen LogP contribution in [0.4, 0.5) is 0 Å². The van der Waals surface area contributed by atoms with Crippen LogP contribution >= 0.6 is 0 Å². The summed E-state index contributed by atoms with van der Waals surface area (Å²) in [6.45, 7) is 3.59. The minimum absolute atomic E-state index is 0.00463. The molecule has 0 radical (unpaired) electrons. The Balaban J connectivity index is 0.000000219. The summed E-state index contributed by atoms with van der Waals surface area (Å²) < 4.78 is 7.63. The average molecular weight is 258 g/mol. The number of ether oxygens (including phenoxy) is 1. The van der Waals surface area contributed by atoms with Gasteiger partial charge in [-0.2, -0.15) is 0 Å². The van der Waals surface area contributed by atoms with Crippen LogP contribution < -0.4 is 0 Å². The molecule has 0 aromatic heterocycles. The van der Waals surface area contributed by atoms with Crippen molar-refractivity contribution in [1.29, 1.82) is 0 Å². The first kappa shape index (κ1) is 10.3. The molecule has 1 heterocycles. The fourth-order valence-electron chi connectivity index (χ4n) is 0.236. The van der Waals surface area contributed by atoms with Crippen LogP contribution in [0.15, 0.2) is 0 Å². The average Bonchev–Trinajstić information content (AvgIpc) is 2.70. The van der Waals surface area contributed by atoms with E-state index in [0.717, 1.165) is 20.9 Å². The zero-order valence-electron chi connectivity index (χ0n) is 6.72. The molecule has 60 valence electrons. The van der Waals surface area contributed by atoms with Gasteiger partial charge in [-0.25, -0.2) is 0 Å². The van der Waals surface area contributed by atoms with E-state index in [1.54, 1.807) is 22.8 Å². The Morgan fingerprint density at radius 1 is 1.50 bits per heavy atom. The molecular weight excluding hydrogens is 244 g/mol. The zero-order chi connectivity index (χ0) is 7.98. The van der Waals surface area contributed by atoms with Crippen LogP contribution in [-0.2, 0) is 9.53 Å². The van der Waals surface area contributed by atoms with Gasteiger partial charge in [-0.3, -0.25) is 4.79 Å². The Labute approximate surface area is 72.4 Å². The second kappa shape index (κ2) is 6.00. The molecular formula is C7H14O2Te. The molecule has 0 aromatic rings. The van der Waals surface area contributed by atoms with Gasteiger partial charge in [0.1, 0.15) is 0 Å². The quantitative estimate of drug-likeness (QED) is 0.524. The Bertz CT molecular complexity index is 97.0. The molecule has 0 bridgehead atoms. The molecule has 0 spiro atoms. The summed E-state index contributed by atoms with van der Waals surface area (Å²) in [7, 11) is 1.39. The van der Waals surface area contributed by atoms with Crippen molar-refractivity contribution in [3.05, 3.63) is 0 Å². The molecule has 1 aliphatic heterocycles. The molecule has 3 heteroatoms. The largest absolute Gasteiger partial charge is 0.469 e. The SMILES string of the molecule is C1C[Te]1.COC(=O)C(C)C. The molecule has 0 aromatic carbocycles. The molecule has 10 heavy (non-hydrogen) atoms. The monoisotopic (exact) mass is 260 g/mol. The Morgan fingerprint density at radius 2 is 1.90 bits per heavy atom. The summed E-state index contributed by atoms with van der Waals surface area (Å²) in [5, 5.41) is 0. The van der Waals surface area contributed by atoms with Gasteiger partial charge < -0.3 is 4.74 Å². The Kier molecular flexibility index (Phi) is 6.16. The van der Waals surface area contributed by atoms with Crippen molar-refractivity contribution in [3.8, 4) is 0 Å². The molecule has 1 saturated heterocycles. The molecule has 0 unspecified atom stereocenters. The van der Waals surface area contributed by atoms with Crippen molar-refractivity contribution in [2.75, 3.05) is 7.11 Å². The first-order valence-corrected chi connectivity index (χ1v) is 6.63. The van der Waals surface area contributed by atoms with Gasteiger partial charge in [-0.1, -0.05) is 13.8 Å². The van der Waals surface area contributed by atoms with Crippen molar-refractivity contribution in [2.45, 2.75) is 22.8 Å². The van der Waals surface area contributed by atoms with E-state index in [9.17, 15) is 4.79 Å². The predicted octanol–water partition coefficient (Wildman–Crippen LogP) is 1.36. The second-order valence-corrected chi connectivity index (χ2v) is 5.79. The number of methoxy groups -OCH3 is 1. The number of carbonyl (C=O) groups is 1. The fraction of sp³-hybridized carbons (Fsp3) is 0.857. The standard InChI is InChI=1S/C5H10O2.C2H4Te/c1-4(2)5(6)7-3;1-2-3-1/h4H,1-3H3;1-2H2. The van der Waals surface area contributed by atoms with Crippen LogP contribution in [0.1, 0.15) is 13.8 Å². The first-order chi connectivity index (χ1) is 4.68. The van der Waals surface area contributed by atoms with Crippen LogP contribution in [0.3, 0.4) is 0 Å². The summed E-state index contributed by atoms with van der Waals surface area (Å²) >= 11 is 0.720. The van der Waals surface area contributed by atoms with Gasteiger partial charge in [0.2, 0.25) is 0 Å². The molecule has 0 N–H and O–H groups in total. The number of carbonyl (C=O) groups excluding carboxylic acids is 1. The van der Waals surface area contributed by atoms with Crippen molar-refractivity contribution < 1.29 is 9.53 Å². The topological polar surface area (TPSA) is 26.3 Å². The van der Waals surface area contributed by atoms with Crippen LogP contribution in [0.25, 0.3) is 0 Å². The molecule has 1 rings (SSSR count). The van der Waals surface area contributed by atoms with Crippen molar-refractivity contribution in [1.82, 2.24) is 0 Å². The molecule has 0 atom stereocenters. The van der Waals surface area contributed by atoms with E-state index in [4.69, 9.17) is 0 Å². The molecule has 1 aliphatic rings. The number of hydrogen-bond acceptors (Lipinski definition) is 2. The third-order valence-electron chi connectivity index (χ3n) is 0.877. The van der Waals surface area contributed by atoms with E-state index in [1.165, 1.54) is 7.11 Å². The normalized spacial score (nSPS) is 13.6. The zero-order valence-corrected chi connectivity index (χ0v) is 9.05. The van der Waals surface area contributed by atoms with Gasteiger partial charge in [0.25, 0.3) is 0 Å². The van der Waals surface area contributed by atoms with Crippen LogP contribution in [0.5, 0.6) is 0 Å². The van der Waals surface area contributed by atoms with Crippen LogP contribution in [0.2, 0.25) is 8.94 Å². The minimum atomic E-state index is -0.153. The summed E-state index contributed by atoms with van der Waals surface area (Å²) in [6.07, 6.45) is 0. The first-order valence-electron chi connectivity index (χ1n) is 3.34. The number of hydrogen-bond donors (Lipinski definition) is 0. The van der Waals surface area contributed by atoms with E-state index in [1.807, 2.05) is 0 Å². The van der Waals surface area contributed by atoms with E-state index in [-0.39, 0.29) is 11.9 Å². The van der Waals surface area contributed by atoms with E-state index < -0.39 is 0 Å². The summed E-state index contributed by atoms with van der Waals surface area (Å²) in [5.74, 6) is -0.148. The van der Waals surface area contributed by atoms with Gasteiger partial charge in [0, 0.05) is 0 Å². The third-order valence-corrected chi connectivity index (χ3v) is 2.04. The molecule has 2 nitrogen and oxygen atoms in total. The summed E-state index contributed by atoms with van der Waals surface area (Å²) in [4.78, 5) is 10.3. The van der Waals surface area contributed by atoms with Gasteiger partial charge in [-0.05, 0) is 0 Å². The minimum Gasteiger partial charge on any atom is -0.469 e. The maximum Gasteiger partial charge on any atom is 0.308 e. The van der Waals surface area contributed by atoms with Gasteiger partial charge in [0.15, 0.2) is 0 Å². The van der Waals surface area contributed by atoms with Crippen molar-refractivity contribution in [3.63, 3.8) is 0 Å². The molecule has 0 amide bonds. The van der Waals surface area contributed by atoms with Crippen molar-refractivity contribution in [2.24, 2.45) is 5.92 Å². The smallest absolute Gasteiger partial charge is 0.308 e. The predicted molar refractivity (Wildman–Crippen MR) is 42.2 cm³/mol. The Hall–Kier alpha value is 0.260. The summed E-state index contributed by atoms with van der Waals surface area (Å²) in [6, 6.07) is 0. The molecule has 0 aliphatic carbocycles. The number of rotatable bonds is 1. The van der Waals surface area contributed by atoms with E-state index in [0.29, 0.717) is 0 Å². The van der Waals surface area contributed by atoms with Crippen LogP contribution in [0, 0.1) is 5.92 Å². The Morgan fingerprint density at radius 3 is 1.90 bits per heavy atom. The summed E-state index contributed by atoms with van der Waals surface area (Å²) in [5.41, 5.74) is 0. The maximum atomic E-state index is 10.3. The fourth-order valence-corrected chi connectivity index (χ4v) is 0.236. The maximum absolute atomic E-state index is 10.3. The van der Waals surface area contributed by atoms with Gasteiger partial charge in [0.05, 0.1) is 13.0 Å². The number of esters is 1. The van der Waals surface area contributed by atoms with E-state index in [2.05, 4.69) is 4.74 Å². The van der Waals surface area contributed by atoms with Crippen LogP contribution in [-0.4, -0.2) is 34.0 Å². The van der Waals surface area contributed by atoms with Gasteiger partial charge in [-0.15, -0.1) is 0 Å². The molecule has 1 fully saturated rings. The third kappa shape index (κ3) is 8.26. The second-order valence-electron chi connectivity index (χ2n) is 2.29. The van der Waals surface area contributed by atoms with E-state index >= 15 is 0 Å². The molecule has 0 saturated carbocycles.